The van der Waals surface area contributed by atoms with Crippen molar-refractivity contribution in [2.24, 2.45) is 0 Å². The molecule has 0 amide bonds. The highest BCUT2D eigenvalue weighted by Crippen LogP contribution is 2.26. The van der Waals surface area contributed by atoms with Gasteiger partial charge in [0.2, 0.25) is 0 Å². The molecule has 20 heavy (non-hydrogen) atoms. The lowest BCUT2D eigenvalue weighted by molar-refractivity contribution is 0.340. The predicted octanol–water partition coefficient (Wildman–Crippen LogP) is 3.79. The highest BCUT2D eigenvalue weighted by atomic mass is 16.5. The summed E-state index contributed by atoms with van der Waals surface area (Å²) in [5.74, 6) is 0.845. The maximum absolute atomic E-state index is 9.43. The molecule has 2 aromatic rings. The Balaban J connectivity index is 2.21. The third-order valence-corrected chi connectivity index (χ3v) is 3.18. The quantitative estimate of drug-likeness (QED) is 0.826. The molecule has 0 saturated heterocycles. The van der Waals surface area contributed by atoms with E-state index in [1.165, 1.54) is 0 Å². The molecule has 0 spiro atoms. The van der Waals surface area contributed by atoms with Crippen molar-refractivity contribution in [3.63, 3.8) is 0 Å². The van der Waals surface area contributed by atoms with Crippen molar-refractivity contribution in [1.82, 2.24) is 0 Å². The van der Waals surface area contributed by atoms with E-state index in [4.69, 9.17) is 4.74 Å². The molecule has 0 aliphatic carbocycles. The number of nitrogens with zero attached hydrogens (tertiary/aromatic N) is 2. The second-order valence-corrected chi connectivity index (χ2v) is 4.48. The van der Waals surface area contributed by atoms with Crippen LogP contribution in [0, 0.1) is 11.3 Å². The average molecular weight is 266 g/mol. The first-order valence-corrected chi connectivity index (χ1v) is 6.66. The van der Waals surface area contributed by atoms with Gasteiger partial charge < -0.3 is 9.64 Å². The summed E-state index contributed by atoms with van der Waals surface area (Å²) < 4.78 is 5.43. The van der Waals surface area contributed by atoms with Crippen LogP contribution >= 0.6 is 0 Å². The minimum Gasteiger partial charge on any atom is -0.494 e. The summed E-state index contributed by atoms with van der Waals surface area (Å²) in [5.41, 5.74) is 1.98. The Hall–Kier alpha value is -2.47. The normalized spacial score (nSPS) is 11.4. The zero-order valence-electron chi connectivity index (χ0n) is 11.8. The fraction of sp³-hybridized carbons (Fsp3) is 0.235. The van der Waals surface area contributed by atoms with Gasteiger partial charge in [-0.05, 0) is 36.8 Å². The minimum absolute atomic E-state index is 0.297. The first kappa shape index (κ1) is 14.0. The Labute approximate surface area is 120 Å². The fourth-order valence-corrected chi connectivity index (χ4v) is 2.11. The van der Waals surface area contributed by atoms with E-state index >= 15 is 0 Å². The number of ether oxygens (including phenoxy) is 1. The summed E-state index contributed by atoms with van der Waals surface area (Å²) in [6.45, 7) is 2.61. The number of rotatable bonds is 5. The average Bonchev–Trinajstić information content (AvgIpc) is 2.50. The first-order chi connectivity index (χ1) is 9.76. The third kappa shape index (κ3) is 3.10. The van der Waals surface area contributed by atoms with Crippen molar-refractivity contribution < 1.29 is 4.74 Å². The van der Waals surface area contributed by atoms with Crippen molar-refractivity contribution in [2.45, 2.75) is 13.0 Å². The Morgan fingerprint density at radius 2 is 1.75 bits per heavy atom. The van der Waals surface area contributed by atoms with Gasteiger partial charge in [-0.25, -0.2) is 0 Å². The SMILES string of the molecule is CCOc1ccc(N(C)C(C#N)c2ccccc2)cc1. The Morgan fingerprint density at radius 1 is 1.10 bits per heavy atom. The third-order valence-electron chi connectivity index (χ3n) is 3.18. The largest absolute Gasteiger partial charge is 0.494 e. The Morgan fingerprint density at radius 3 is 2.30 bits per heavy atom. The summed E-state index contributed by atoms with van der Waals surface area (Å²) in [7, 11) is 1.93. The van der Waals surface area contributed by atoms with Crippen LogP contribution < -0.4 is 9.64 Å². The van der Waals surface area contributed by atoms with Gasteiger partial charge in [0.15, 0.2) is 0 Å². The van der Waals surface area contributed by atoms with Gasteiger partial charge in [0.1, 0.15) is 11.8 Å². The molecule has 3 heteroatoms. The lowest BCUT2D eigenvalue weighted by Crippen LogP contribution is -2.22. The standard InChI is InChI=1S/C17H18N2O/c1-3-20-16-11-9-15(10-12-16)19(2)17(13-18)14-7-5-4-6-8-14/h4-12,17H,3H2,1-2H3. The van der Waals surface area contributed by atoms with E-state index in [2.05, 4.69) is 6.07 Å². The second kappa shape index (κ2) is 6.63. The maximum atomic E-state index is 9.43. The van der Waals surface area contributed by atoms with Gasteiger partial charge >= 0.3 is 0 Å². The zero-order valence-corrected chi connectivity index (χ0v) is 11.8. The second-order valence-electron chi connectivity index (χ2n) is 4.48. The Bertz CT molecular complexity index is 572. The zero-order chi connectivity index (χ0) is 14.4. The van der Waals surface area contributed by atoms with Crippen LogP contribution in [-0.4, -0.2) is 13.7 Å². The van der Waals surface area contributed by atoms with Gasteiger partial charge in [-0.1, -0.05) is 30.3 Å². The van der Waals surface area contributed by atoms with Gasteiger partial charge in [-0.3, -0.25) is 0 Å². The van der Waals surface area contributed by atoms with E-state index in [-0.39, 0.29) is 6.04 Å². The van der Waals surface area contributed by atoms with Gasteiger partial charge in [-0.2, -0.15) is 5.26 Å². The lowest BCUT2D eigenvalue weighted by atomic mass is 10.1. The van der Waals surface area contributed by atoms with E-state index in [0.717, 1.165) is 17.0 Å². The van der Waals surface area contributed by atoms with Crippen LogP contribution in [0.25, 0.3) is 0 Å². The number of anilines is 1. The van der Waals surface area contributed by atoms with Crippen LogP contribution in [0.4, 0.5) is 5.69 Å². The van der Waals surface area contributed by atoms with E-state index in [0.29, 0.717) is 6.61 Å². The van der Waals surface area contributed by atoms with Crippen LogP contribution in [0.15, 0.2) is 54.6 Å². The van der Waals surface area contributed by atoms with Crippen molar-refractivity contribution in [2.75, 3.05) is 18.6 Å². The fourth-order valence-electron chi connectivity index (χ4n) is 2.11. The van der Waals surface area contributed by atoms with Crippen LogP contribution in [0.5, 0.6) is 5.75 Å². The molecule has 0 aliphatic heterocycles. The highest BCUT2D eigenvalue weighted by Gasteiger charge is 2.16. The van der Waals surface area contributed by atoms with Gasteiger partial charge in [0, 0.05) is 12.7 Å². The molecular weight excluding hydrogens is 248 g/mol. The molecule has 1 atom stereocenters. The van der Waals surface area contributed by atoms with Gasteiger partial charge in [0.25, 0.3) is 0 Å². The van der Waals surface area contributed by atoms with E-state index < -0.39 is 0 Å². The van der Waals surface area contributed by atoms with Crippen LogP contribution in [-0.2, 0) is 0 Å². The summed E-state index contributed by atoms with van der Waals surface area (Å²) in [6, 6.07) is 19.6. The number of hydrogen-bond donors (Lipinski definition) is 0. The molecule has 0 aromatic heterocycles. The van der Waals surface area contributed by atoms with Crippen molar-refractivity contribution >= 4 is 5.69 Å². The molecule has 102 valence electrons. The predicted molar refractivity (Wildman–Crippen MR) is 80.8 cm³/mol. The monoisotopic (exact) mass is 266 g/mol. The summed E-state index contributed by atoms with van der Waals surface area (Å²) in [5, 5.41) is 9.43. The molecule has 0 aliphatic rings. The van der Waals surface area contributed by atoms with Crippen molar-refractivity contribution in [3.05, 3.63) is 60.2 Å². The smallest absolute Gasteiger partial charge is 0.142 e. The molecule has 0 heterocycles. The molecule has 0 fully saturated rings. The van der Waals surface area contributed by atoms with Crippen molar-refractivity contribution in [3.8, 4) is 11.8 Å². The summed E-state index contributed by atoms with van der Waals surface area (Å²) in [6.07, 6.45) is 0. The molecule has 0 N–H and O–H groups in total. The minimum atomic E-state index is -0.297. The molecule has 3 nitrogen and oxygen atoms in total. The summed E-state index contributed by atoms with van der Waals surface area (Å²) in [4.78, 5) is 1.96. The molecule has 1 unspecified atom stereocenters. The molecule has 0 bridgehead atoms. The van der Waals surface area contributed by atoms with E-state index in [1.807, 2.05) is 73.5 Å². The maximum Gasteiger partial charge on any atom is 0.142 e. The molecule has 0 radical (unpaired) electrons. The topological polar surface area (TPSA) is 36.3 Å². The van der Waals surface area contributed by atoms with E-state index in [1.54, 1.807) is 0 Å². The van der Waals surface area contributed by atoms with Crippen LogP contribution in [0.1, 0.15) is 18.5 Å². The van der Waals surface area contributed by atoms with Crippen LogP contribution in [0.2, 0.25) is 0 Å². The van der Waals surface area contributed by atoms with E-state index in [9.17, 15) is 5.26 Å². The Kier molecular flexibility index (Phi) is 4.62. The van der Waals surface area contributed by atoms with Gasteiger partial charge in [-0.15, -0.1) is 0 Å². The molecule has 0 saturated carbocycles. The molecule has 2 aromatic carbocycles. The molecule has 2 rings (SSSR count). The number of hydrogen-bond acceptors (Lipinski definition) is 3. The number of nitriles is 1. The van der Waals surface area contributed by atoms with Gasteiger partial charge in [0.05, 0.1) is 12.7 Å². The lowest BCUT2D eigenvalue weighted by Gasteiger charge is -2.25. The van der Waals surface area contributed by atoms with Crippen molar-refractivity contribution in [1.29, 1.82) is 5.26 Å². The van der Waals surface area contributed by atoms with Crippen LogP contribution in [0.3, 0.4) is 0 Å². The highest BCUT2D eigenvalue weighted by molar-refractivity contribution is 5.52. The number of benzene rings is 2. The summed E-state index contributed by atoms with van der Waals surface area (Å²) >= 11 is 0. The first-order valence-electron chi connectivity index (χ1n) is 6.66. The molecular formula is C17H18N2O.